The summed E-state index contributed by atoms with van der Waals surface area (Å²) in [5.41, 5.74) is 0. The lowest BCUT2D eigenvalue weighted by Gasteiger charge is -2.07. The number of rotatable bonds is 5. The van der Waals surface area contributed by atoms with Crippen LogP contribution in [-0.4, -0.2) is 19.1 Å². The van der Waals surface area contributed by atoms with Crippen LogP contribution in [0.1, 0.15) is 33.1 Å². The van der Waals surface area contributed by atoms with Gasteiger partial charge in [-0.2, -0.15) is 8.42 Å². The smallest absolute Gasteiger partial charge is 0.264 e. The molecule has 0 bridgehead atoms. The van der Waals surface area contributed by atoms with Crippen molar-refractivity contribution in [2.75, 3.05) is 0 Å². The first-order valence-electron chi connectivity index (χ1n) is 3.61. The molecule has 0 saturated carbocycles. The minimum Gasteiger partial charge on any atom is -0.264 e. The number of hydrogen-bond donors (Lipinski definition) is 1. The van der Waals surface area contributed by atoms with Crippen LogP contribution in [0.25, 0.3) is 0 Å². The summed E-state index contributed by atoms with van der Waals surface area (Å²) < 4.78 is 32.8. The Balaban J connectivity index is 3.61. The highest BCUT2D eigenvalue weighted by Crippen LogP contribution is 2.05. The van der Waals surface area contributed by atoms with Crippen molar-refractivity contribution >= 4 is 10.4 Å². The maximum atomic E-state index is 10.1. The molecule has 0 radical (unpaired) electrons. The summed E-state index contributed by atoms with van der Waals surface area (Å²) >= 11 is 0. The summed E-state index contributed by atoms with van der Waals surface area (Å²) in [5, 5.41) is 0. The van der Waals surface area contributed by atoms with Gasteiger partial charge in [0.25, 0.3) is 0 Å². The summed E-state index contributed by atoms with van der Waals surface area (Å²) in [6.45, 7) is 3.61. The van der Waals surface area contributed by atoms with Crippen LogP contribution in [-0.2, 0) is 14.6 Å². The Morgan fingerprint density at radius 2 is 2.09 bits per heavy atom. The molecule has 0 aromatic heterocycles. The highest BCUT2D eigenvalue weighted by molar-refractivity contribution is 7.80. The van der Waals surface area contributed by atoms with E-state index in [1.165, 1.54) is 0 Å². The van der Waals surface area contributed by atoms with E-state index in [1.807, 2.05) is 6.92 Å². The van der Waals surface area contributed by atoms with Crippen LogP contribution in [0.15, 0.2) is 0 Å². The topological polar surface area (TPSA) is 63.6 Å². The largest absolute Gasteiger partial charge is 0.397 e. The Bertz CT molecular complexity index is 185. The first-order valence-corrected chi connectivity index (χ1v) is 4.98. The number of unbranched alkanes of at least 4 members (excludes halogenated alkanes) is 1. The zero-order valence-corrected chi connectivity index (χ0v) is 7.60. The van der Waals surface area contributed by atoms with Crippen molar-refractivity contribution < 1.29 is 17.2 Å². The first-order chi connectivity index (χ1) is 4.95. The highest BCUT2D eigenvalue weighted by Gasteiger charge is 2.10. The molecule has 0 aliphatic rings. The molecule has 0 aromatic rings. The van der Waals surface area contributed by atoms with E-state index in [1.54, 1.807) is 6.92 Å². The van der Waals surface area contributed by atoms with Crippen LogP contribution in [0, 0.1) is 0 Å². The van der Waals surface area contributed by atoms with E-state index < -0.39 is 16.5 Å². The Kier molecular flexibility index (Phi) is 4.63. The summed E-state index contributed by atoms with van der Waals surface area (Å²) in [6.07, 6.45) is 2.11. The van der Waals surface area contributed by atoms with Crippen molar-refractivity contribution in [3.05, 3.63) is 0 Å². The lowest BCUT2D eigenvalue weighted by molar-refractivity contribution is 0.186. The molecule has 1 unspecified atom stereocenters. The van der Waals surface area contributed by atoms with Gasteiger partial charge in [-0.1, -0.05) is 19.8 Å². The summed E-state index contributed by atoms with van der Waals surface area (Å²) in [5.74, 6) is 0. The standard InChI is InChI=1S/C6H14O4S/c1-3-4-5-6(2)10-11(7,8)9/h6H,3-5H2,1-2H3,(H,7,8,9). The van der Waals surface area contributed by atoms with Gasteiger partial charge in [0.15, 0.2) is 0 Å². The molecule has 0 aliphatic heterocycles. The van der Waals surface area contributed by atoms with E-state index in [2.05, 4.69) is 4.18 Å². The van der Waals surface area contributed by atoms with E-state index in [9.17, 15) is 8.42 Å². The number of hydrogen-bond acceptors (Lipinski definition) is 3. The molecule has 0 saturated heterocycles. The molecule has 1 N–H and O–H groups in total. The van der Waals surface area contributed by atoms with Gasteiger partial charge in [0.1, 0.15) is 0 Å². The maximum Gasteiger partial charge on any atom is 0.397 e. The average molecular weight is 182 g/mol. The molecule has 4 nitrogen and oxygen atoms in total. The zero-order chi connectivity index (χ0) is 8.91. The van der Waals surface area contributed by atoms with Crippen molar-refractivity contribution in [2.45, 2.75) is 39.2 Å². The van der Waals surface area contributed by atoms with Gasteiger partial charge in [-0.25, -0.2) is 4.18 Å². The molecular formula is C6H14O4S. The van der Waals surface area contributed by atoms with Crippen LogP contribution in [0.3, 0.4) is 0 Å². The third-order valence-electron chi connectivity index (χ3n) is 1.25. The van der Waals surface area contributed by atoms with Gasteiger partial charge in [-0.15, -0.1) is 0 Å². The van der Waals surface area contributed by atoms with E-state index >= 15 is 0 Å². The van der Waals surface area contributed by atoms with E-state index in [-0.39, 0.29) is 0 Å². The zero-order valence-electron chi connectivity index (χ0n) is 6.78. The Hall–Kier alpha value is -0.130. The molecular weight excluding hydrogens is 168 g/mol. The second-order valence-electron chi connectivity index (χ2n) is 2.48. The minimum atomic E-state index is -4.25. The van der Waals surface area contributed by atoms with Crippen LogP contribution < -0.4 is 0 Å². The molecule has 0 amide bonds. The van der Waals surface area contributed by atoms with Crippen LogP contribution in [0.2, 0.25) is 0 Å². The minimum absolute atomic E-state index is 0.426. The Morgan fingerprint density at radius 3 is 2.45 bits per heavy atom. The van der Waals surface area contributed by atoms with Gasteiger partial charge < -0.3 is 0 Å². The third-order valence-corrected chi connectivity index (χ3v) is 1.82. The van der Waals surface area contributed by atoms with Crippen molar-refractivity contribution in [3.8, 4) is 0 Å². The predicted octanol–water partition coefficient (Wildman–Crippen LogP) is 1.38. The predicted molar refractivity (Wildman–Crippen MR) is 41.6 cm³/mol. The summed E-state index contributed by atoms with van der Waals surface area (Å²) in [7, 11) is -4.25. The molecule has 0 spiro atoms. The van der Waals surface area contributed by atoms with Crippen molar-refractivity contribution in [1.29, 1.82) is 0 Å². The molecule has 0 rings (SSSR count). The molecule has 0 heterocycles. The molecule has 11 heavy (non-hydrogen) atoms. The van der Waals surface area contributed by atoms with Crippen LogP contribution in [0.4, 0.5) is 0 Å². The van der Waals surface area contributed by atoms with Gasteiger partial charge in [0, 0.05) is 0 Å². The second-order valence-corrected chi connectivity index (χ2v) is 3.52. The van der Waals surface area contributed by atoms with Crippen LogP contribution in [0.5, 0.6) is 0 Å². The summed E-state index contributed by atoms with van der Waals surface area (Å²) in [6, 6.07) is 0. The quantitative estimate of drug-likeness (QED) is 0.652. The maximum absolute atomic E-state index is 10.1. The Morgan fingerprint density at radius 1 is 1.55 bits per heavy atom. The second kappa shape index (κ2) is 4.69. The van der Waals surface area contributed by atoms with Crippen molar-refractivity contribution in [2.24, 2.45) is 0 Å². The lowest BCUT2D eigenvalue weighted by atomic mass is 10.2. The van der Waals surface area contributed by atoms with E-state index in [0.717, 1.165) is 12.8 Å². The fraction of sp³-hybridized carbons (Fsp3) is 1.00. The highest BCUT2D eigenvalue weighted by atomic mass is 32.3. The van der Waals surface area contributed by atoms with Gasteiger partial charge >= 0.3 is 10.4 Å². The summed E-state index contributed by atoms with van der Waals surface area (Å²) in [4.78, 5) is 0. The first kappa shape index (κ1) is 10.9. The van der Waals surface area contributed by atoms with Gasteiger partial charge in [0.2, 0.25) is 0 Å². The van der Waals surface area contributed by atoms with Gasteiger partial charge in [-0.3, -0.25) is 4.55 Å². The normalized spacial score (nSPS) is 14.8. The van der Waals surface area contributed by atoms with Crippen LogP contribution >= 0.6 is 0 Å². The third kappa shape index (κ3) is 7.77. The molecule has 0 aliphatic carbocycles. The molecule has 1 atom stereocenters. The average Bonchev–Trinajstić information content (AvgIpc) is 1.79. The lowest BCUT2D eigenvalue weighted by Crippen LogP contribution is -2.13. The van der Waals surface area contributed by atoms with E-state index in [4.69, 9.17) is 4.55 Å². The van der Waals surface area contributed by atoms with Crippen molar-refractivity contribution in [1.82, 2.24) is 0 Å². The van der Waals surface area contributed by atoms with E-state index in [0.29, 0.717) is 6.42 Å². The monoisotopic (exact) mass is 182 g/mol. The van der Waals surface area contributed by atoms with Gasteiger partial charge in [0.05, 0.1) is 6.10 Å². The molecule has 0 aromatic carbocycles. The van der Waals surface area contributed by atoms with Gasteiger partial charge in [-0.05, 0) is 13.3 Å². The molecule has 0 fully saturated rings. The Labute approximate surface area is 67.5 Å². The fourth-order valence-electron chi connectivity index (χ4n) is 0.747. The SMILES string of the molecule is CCCCC(C)OS(=O)(=O)O. The van der Waals surface area contributed by atoms with Crippen molar-refractivity contribution in [3.63, 3.8) is 0 Å². The molecule has 5 heteroatoms. The molecule has 68 valence electrons. The fourth-order valence-corrected chi connectivity index (χ4v) is 1.26.